The number of nitrogens with zero attached hydrogens (tertiary/aromatic N) is 2. The maximum Gasteiger partial charge on any atom is 0.191 e. The molecule has 0 amide bonds. The number of benzene rings is 1. The standard InChI is InChI=1S/C17H21FN4O/c1-19-17(22-13-15-5-2-3-10-20-15)21-11-4-12-23-16-8-6-14(18)7-9-16/h2-3,5-10H,4,11-13H2,1H3,(H2,19,21,22). The molecule has 0 bridgehead atoms. The summed E-state index contributed by atoms with van der Waals surface area (Å²) in [5.41, 5.74) is 0.954. The number of aromatic nitrogens is 1. The number of halogens is 1. The van der Waals surface area contributed by atoms with Crippen LogP contribution < -0.4 is 15.4 Å². The van der Waals surface area contributed by atoms with Crippen molar-refractivity contribution in [1.29, 1.82) is 0 Å². The van der Waals surface area contributed by atoms with E-state index in [1.807, 2.05) is 18.2 Å². The molecule has 0 atom stereocenters. The molecule has 0 spiro atoms. The van der Waals surface area contributed by atoms with E-state index in [4.69, 9.17) is 4.74 Å². The minimum atomic E-state index is -0.262. The lowest BCUT2D eigenvalue weighted by Gasteiger charge is -2.12. The third kappa shape index (κ3) is 6.34. The topological polar surface area (TPSA) is 58.5 Å². The average Bonchev–Trinajstić information content (AvgIpc) is 2.60. The van der Waals surface area contributed by atoms with Gasteiger partial charge in [-0.2, -0.15) is 0 Å². The Morgan fingerprint density at radius 3 is 2.70 bits per heavy atom. The van der Waals surface area contributed by atoms with Crippen molar-refractivity contribution < 1.29 is 9.13 Å². The van der Waals surface area contributed by atoms with Crippen molar-refractivity contribution in [2.75, 3.05) is 20.2 Å². The zero-order valence-electron chi connectivity index (χ0n) is 13.1. The summed E-state index contributed by atoms with van der Waals surface area (Å²) in [6.45, 7) is 1.89. The maximum atomic E-state index is 12.8. The Balaban J connectivity index is 1.61. The minimum absolute atomic E-state index is 0.262. The van der Waals surface area contributed by atoms with Crippen LogP contribution in [0.3, 0.4) is 0 Å². The first-order valence-corrected chi connectivity index (χ1v) is 7.51. The van der Waals surface area contributed by atoms with Crippen molar-refractivity contribution in [2.45, 2.75) is 13.0 Å². The molecule has 0 saturated heterocycles. The normalized spacial score (nSPS) is 11.1. The van der Waals surface area contributed by atoms with Crippen LogP contribution in [0, 0.1) is 5.82 Å². The summed E-state index contributed by atoms with van der Waals surface area (Å²) >= 11 is 0. The molecule has 2 rings (SSSR count). The second-order valence-electron chi connectivity index (χ2n) is 4.83. The van der Waals surface area contributed by atoms with Crippen molar-refractivity contribution >= 4 is 5.96 Å². The number of rotatable bonds is 7. The van der Waals surface area contributed by atoms with Crippen LogP contribution in [-0.4, -0.2) is 31.1 Å². The Labute approximate surface area is 135 Å². The van der Waals surface area contributed by atoms with Gasteiger partial charge in [-0.05, 0) is 42.8 Å². The highest BCUT2D eigenvalue weighted by Crippen LogP contribution is 2.10. The van der Waals surface area contributed by atoms with E-state index in [2.05, 4.69) is 20.6 Å². The molecular weight excluding hydrogens is 295 g/mol. The Kier molecular flexibility index (Phi) is 6.84. The zero-order chi connectivity index (χ0) is 16.3. The second-order valence-corrected chi connectivity index (χ2v) is 4.83. The fourth-order valence-electron chi connectivity index (χ4n) is 1.90. The molecule has 122 valence electrons. The van der Waals surface area contributed by atoms with Crippen LogP contribution in [0.4, 0.5) is 4.39 Å². The molecule has 1 aromatic heterocycles. The number of nitrogens with one attached hydrogen (secondary N) is 2. The van der Waals surface area contributed by atoms with E-state index in [-0.39, 0.29) is 5.82 Å². The molecule has 23 heavy (non-hydrogen) atoms. The highest BCUT2D eigenvalue weighted by atomic mass is 19.1. The lowest BCUT2D eigenvalue weighted by atomic mass is 10.3. The number of ether oxygens (including phenoxy) is 1. The van der Waals surface area contributed by atoms with E-state index < -0.39 is 0 Å². The van der Waals surface area contributed by atoms with Gasteiger partial charge >= 0.3 is 0 Å². The van der Waals surface area contributed by atoms with Gasteiger partial charge in [0.05, 0.1) is 18.8 Å². The van der Waals surface area contributed by atoms with E-state index in [0.29, 0.717) is 18.9 Å². The van der Waals surface area contributed by atoms with Gasteiger partial charge in [0, 0.05) is 19.8 Å². The highest BCUT2D eigenvalue weighted by molar-refractivity contribution is 5.79. The molecular formula is C17H21FN4O. The van der Waals surface area contributed by atoms with Crippen molar-refractivity contribution in [2.24, 2.45) is 4.99 Å². The monoisotopic (exact) mass is 316 g/mol. The average molecular weight is 316 g/mol. The largest absolute Gasteiger partial charge is 0.494 e. The van der Waals surface area contributed by atoms with Gasteiger partial charge in [0.15, 0.2) is 5.96 Å². The predicted molar refractivity (Wildman–Crippen MR) is 89.0 cm³/mol. The molecule has 5 nitrogen and oxygen atoms in total. The van der Waals surface area contributed by atoms with Crippen molar-refractivity contribution in [3.63, 3.8) is 0 Å². The highest BCUT2D eigenvalue weighted by Gasteiger charge is 1.99. The molecule has 2 aromatic rings. The number of guanidine groups is 1. The summed E-state index contributed by atoms with van der Waals surface area (Å²) in [4.78, 5) is 8.40. The third-order valence-electron chi connectivity index (χ3n) is 3.08. The first-order chi connectivity index (χ1) is 11.3. The van der Waals surface area contributed by atoms with Gasteiger partial charge in [0.25, 0.3) is 0 Å². The summed E-state index contributed by atoms with van der Waals surface area (Å²) in [5, 5.41) is 6.40. The molecule has 0 aliphatic heterocycles. The molecule has 6 heteroatoms. The van der Waals surface area contributed by atoms with Gasteiger partial charge < -0.3 is 15.4 Å². The molecule has 0 aliphatic carbocycles. The van der Waals surface area contributed by atoms with E-state index in [1.54, 1.807) is 25.4 Å². The molecule has 0 unspecified atom stereocenters. The maximum absolute atomic E-state index is 12.8. The lowest BCUT2D eigenvalue weighted by molar-refractivity contribution is 0.310. The van der Waals surface area contributed by atoms with Crippen LogP contribution in [0.1, 0.15) is 12.1 Å². The van der Waals surface area contributed by atoms with Crippen molar-refractivity contribution in [1.82, 2.24) is 15.6 Å². The summed E-state index contributed by atoms with van der Waals surface area (Å²) in [6, 6.07) is 11.8. The van der Waals surface area contributed by atoms with Crippen LogP contribution in [0.15, 0.2) is 53.7 Å². The quantitative estimate of drug-likeness (QED) is 0.468. The van der Waals surface area contributed by atoms with Gasteiger partial charge in [-0.1, -0.05) is 6.07 Å². The van der Waals surface area contributed by atoms with E-state index in [1.165, 1.54) is 12.1 Å². The van der Waals surface area contributed by atoms with Gasteiger partial charge in [-0.3, -0.25) is 9.98 Å². The fraction of sp³-hybridized carbons (Fsp3) is 0.294. The van der Waals surface area contributed by atoms with Gasteiger partial charge in [0.1, 0.15) is 11.6 Å². The number of hydrogen-bond acceptors (Lipinski definition) is 3. The SMILES string of the molecule is CN=C(NCCCOc1ccc(F)cc1)NCc1ccccn1. The molecule has 0 fully saturated rings. The van der Waals surface area contributed by atoms with Crippen molar-refractivity contribution in [3.05, 3.63) is 60.2 Å². The van der Waals surface area contributed by atoms with Crippen LogP contribution in [0.2, 0.25) is 0 Å². The Bertz CT molecular complexity index is 602. The van der Waals surface area contributed by atoms with E-state index in [9.17, 15) is 4.39 Å². The number of aliphatic imine (C=N–C) groups is 1. The van der Waals surface area contributed by atoms with E-state index in [0.717, 1.165) is 24.6 Å². The van der Waals surface area contributed by atoms with Gasteiger partial charge in [-0.25, -0.2) is 4.39 Å². The van der Waals surface area contributed by atoms with Crippen LogP contribution in [0.5, 0.6) is 5.75 Å². The Morgan fingerprint density at radius 1 is 1.17 bits per heavy atom. The molecule has 1 aromatic carbocycles. The first kappa shape index (κ1) is 16.7. The zero-order valence-corrected chi connectivity index (χ0v) is 13.1. The van der Waals surface area contributed by atoms with Gasteiger partial charge in [-0.15, -0.1) is 0 Å². The summed E-state index contributed by atoms with van der Waals surface area (Å²) in [6.07, 6.45) is 2.57. The third-order valence-corrected chi connectivity index (χ3v) is 3.08. The lowest BCUT2D eigenvalue weighted by Crippen LogP contribution is -2.37. The Morgan fingerprint density at radius 2 is 2.00 bits per heavy atom. The molecule has 2 N–H and O–H groups in total. The van der Waals surface area contributed by atoms with Crippen molar-refractivity contribution in [3.8, 4) is 5.75 Å². The van der Waals surface area contributed by atoms with Crippen LogP contribution in [0.25, 0.3) is 0 Å². The smallest absolute Gasteiger partial charge is 0.191 e. The van der Waals surface area contributed by atoms with Crippen LogP contribution >= 0.6 is 0 Å². The van der Waals surface area contributed by atoms with Crippen LogP contribution in [-0.2, 0) is 6.54 Å². The summed E-state index contributed by atoms with van der Waals surface area (Å²) < 4.78 is 18.3. The first-order valence-electron chi connectivity index (χ1n) is 7.51. The van der Waals surface area contributed by atoms with Gasteiger partial charge in [0.2, 0.25) is 0 Å². The second kappa shape index (κ2) is 9.40. The minimum Gasteiger partial charge on any atom is -0.494 e. The summed E-state index contributed by atoms with van der Waals surface area (Å²) in [7, 11) is 1.72. The molecule has 0 radical (unpaired) electrons. The Hall–Kier alpha value is -2.63. The summed E-state index contributed by atoms with van der Waals surface area (Å²) in [5.74, 6) is 1.13. The number of hydrogen-bond donors (Lipinski definition) is 2. The van der Waals surface area contributed by atoms with E-state index >= 15 is 0 Å². The predicted octanol–water partition coefficient (Wildman–Crippen LogP) is 2.35. The number of pyridine rings is 1. The molecule has 0 aliphatic rings. The fourth-order valence-corrected chi connectivity index (χ4v) is 1.90. The molecule has 1 heterocycles. The molecule has 0 saturated carbocycles.